The average Bonchev–Trinajstić information content (AvgIpc) is 2.96. The van der Waals surface area contributed by atoms with E-state index in [0.717, 1.165) is 0 Å². The van der Waals surface area contributed by atoms with Gasteiger partial charge in [-0.3, -0.25) is 24.0 Å². The number of carbonyl (C=O) groups is 6. The molecule has 0 saturated carbocycles. The number of hydroxylamine groups is 2. The lowest BCUT2D eigenvalue weighted by Gasteiger charge is -2.32. The molecular weight excluding hydrogens is 380 g/mol. The molecule has 0 aromatic heterocycles. The number of ether oxygens (including phenoxy) is 1. The number of carbonyl (C=O) groups excluding carboxylic acids is 4. The molecule has 12 nitrogen and oxygen atoms in total. The molecule has 2 aliphatic heterocycles. The third kappa shape index (κ3) is 5.25. The van der Waals surface area contributed by atoms with E-state index >= 15 is 0 Å². The van der Waals surface area contributed by atoms with Crippen LogP contribution in [0.1, 0.15) is 25.7 Å². The van der Waals surface area contributed by atoms with Crippen molar-refractivity contribution in [1.29, 1.82) is 0 Å². The van der Waals surface area contributed by atoms with E-state index in [1.165, 1.54) is 4.90 Å². The van der Waals surface area contributed by atoms with Crippen LogP contribution in [0.5, 0.6) is 0 Å². The van der Waals surface area contributed by atoms with Crippen molar-refractivity contribution in [3.8, 4) is 0 Å². The molecule has 0 spiro atoms. The molecule has 2 N–H and O–H groups in total. The molecule has 2 fully saturated rings. The number of morpholine rings is 1. The summed E-state index contributed by atoms with van der Waals surface area (Å²) in [5.74, 6) is -9.71. The van der Waals surface area contributed by atoms with Crippen LogP contribution in [-0.4, -0.2) is 82.1 Å². The lowest BCUT2D eigenvalue weighted by molar-refractivity contribution is -0.203. The molecule has 3 amide bonds. The van der Waals surface area contributed by atoms with Gasteiger partial charge in [-0.2, -0.15) is 0 Å². The van der Waals surface area contributed by atoms with E-state index in [2.05, 4.69) is 0 Å². The van der Waals surface area contributed by atoms with Gasteiger partial charge in [0.25, 0.3) is 11.8 Å². The molecule has 28 heavy (non-hydrogen) atoms. The molecule has 2 saturated heterocycles. The SMILES string of the molecule is O=C(O)CC(C(=O)ON1C(=O)CCC1=O)C(CC(=O)O)C(=O)N1CCOCC1. The van der Waals surface area contributed by atoms with E-state index in [-0.39, 0.29) is 44.2 Å². The molecule has 0 bridgehead atoms. The third-order valence-electron chi connectivity index (χ3n) is 4.40. The molecule has 0 aromatic rings. The summed E-state index contributed by atoms with van der Waals surface area (Å²) in [5.41, 5.74) is 0. The van der Waals surface area contributed by atoms with Crippen molar-refractivity contribution >= 4 is 35.6 Å². The van der Waals surface area contributed by atoms with Gasteiger partial charge in [0, 0.05) is 25.9 Å². The highest BCUT2D eigenvalue weighted by Gasteiger charge is 2.43. The summed E-state index contributed by atoms with van der Waals surface area (Å²) in [6, 6.07) is 0. The van der Waals surface area contributed by atoms with Gasteiger partial charge in [-0.05, 0) is 0 Å². The van der Waals surface area contributed by atoms with Crippen LogP contribution in [0.25, 0.3) is 0 Å². The van der Waals surface area contributed by atoms with Crippen LogP contribution in [0.2, 0.25) is 0 Å². The first-order valence-corrected chi connectivity index (χ1v) is 8.58. The molecule has 0 aliphatic carbocycles. The number of rotatable bonds is 8. The number of hydrogen-bond acceptors (Lipinski definition) is 8. The van der Waals surface area contributed by atoms with Crippen molar-refractivity contribution < 1.29 is 48.6 Å². The zero-order chi connectivity index (χ0) is 20.8. The number of aliphatic carboxylic acids is 2. The van der Waals surface area contributed by atoms with Gasteiger partial charge >= 0.3 is 17.9 Å². The molecule has 2 aliphatic rings. The van der Waals surface area contributed by atoms with Gasteiger partial charge < -0.3 is 24.7 Å². The van der Waals surface area contributed by atoms with Gasteiger partial charge in [-0.25, -0.2) is 4.79 Å². The number of amides is 3. The fourth-order valence-electron chi connectivity index (χ4n) is 3.00. The van der Waals surface area contributed by atoms with Crippen molar-refractivity contribution in [2.24, 2.45) is 11.8 Å². The van der Waals surface area contributed by atoms with Gasteiger partial charge in [0.05, 0.1) is 37.9 Å². The lowest BCUT2D eigenvalue weighted by atomic mass is 9.85. The normalized spacial score (nSPS) is 19.3. The van der Waals surface area contributed by atoms with E-state index in [0.29, 0.717) is 0 Å². The molecule has 0 radical (unpaired) electrons. The summed E-state index contributed by atoms with van der Waals surface area (Å²) in [6.45, 7) is 0.756. The fraction of sp³-hybridized carbons (Fsp3) is 0.625. The maximum Gasteiger partial charge on any atom is 0.337 e. The van der Waals surface area contributed by atoms with Gasteiger partial charge in [-0.1, -0.05) is 0 Å². The van der Waals surface area contributed by atoms with E-state index in [9.17, 15) is 28.8 Å². The lowest BCUT2D eigenvalue weighted by Crippen LogP contribution is -2.48. The first-order chi connectivity index (χ1) is 13.2. The summed E-state index contributed by atoms with van der Waals surface area (Å²) in [4.78, 5) is 77.0. The highest BCUT2D eigenvalue weighted by atomic mass is 16.7. The highest BCUT2D eigenvalue weighted by Crippen LogP contribution is 2.26. The monoisotopic (exact) mass is 400 g/mol. The Balaban J connectivity index is 2.25. The Morgan fingerprint density at radius 3 is 1.93 bits per heavy atom. The molecule has 2 atom stereocenters. The minimum absolute atomic E-state index is 0.160. The Morgan fingerprint density at radius 1 is 0.929 bits per heavy atom. The summed E-state index contributed by atoms with van der Waals surface area (Å²) in [6.07, 6.45) is -2.05. The van der Waals surface area contributed by atoms with Gasteiger partial charge in [0.15, 0.2) is 0 Å². The van der Waals surface area contributed by atoms with Crippen LogP contribution in [0, 0.1) is 11.8 Å². The zero-order valence-electron chi connectivity index (χ0n) is 14.9. The molecule has 0 aromatic carbocycles. The van der Waals surface area contributed by atoms with E-state index < -0.39 is 60.3 Å². The second-order valence-corrected chi connectivity index (χ2v) is 6.34. The Morgan fingerprint density at radius 2 is 1.43 bits per heavy atom. The van der Waals surface area contributed by atoms with Crippen LogP contribution in [0.3, 0.4) is 0 Å². The summed E-state index contributed by atoms with van der Waals surface area (Å²) in [5, 5.41) is 18.5. The fourth-order valence-corrected chi connectivity index (χ4v) is 3.00. The quantitative estimate of drug-likeness (QED) is 0.464. The largest absolute Gasteiger partial charge is 0.481 e. The summed E-state index contributed by atoms with van der Waals surface area (Å²) < 4.78 is 5.12. The standard InChI is InChI=1S/C16H20N2O10/c19-11-1-2-12(20)18(11)28-16(26)10(8-14(23)24)9(7-13(21)22)15(25)17-3-5-27-6-4-17/h9-10H,1-8H2,(H,21,22)(H,23,24). The topological polar surface area (TPSA) is 168 Å². The second-order valence-electron chi connectivity index (χ2n) is 6.34. The van der Waals surface area contributed by atoms with E-state index in [1.54, 1.807) is 0 Å². The van der Waals surface area contributed by atoms with Crippen LogP contribution in [-0.2, 0) is 38.3 Å². The smallest absolute Gasteiger partial charge is 0.337 e. The van der Waals surface area contributed by atoms with Crippen molar-refractivity contribution in [1.82, 2.24) is 9.96 Å². The van der Waals surface area contributed by atoms with Gasteiger partial charge in [-0.15, -0.1) is 5.06 Å². The van der Waals surface area contributed by atoms with Crippen molar-refractivity contribution in [2.45, 2.75) is 25.7 Å². The molecule has 12 heteroatoms. The number of nitrogens with zero attached hydrogens (tertiary/aromatic N) is 2. The number of hydrogen-bond donors (Lipinski definition) is 2. The molecule has 2 unspecified atom stereocenters. The maximum atomic E-state index is 12.8. The summed E-state index contributed by atoms with van der Waals surface area (Å²) >= 11 is 0. The number of carboxylic acid groups (broad SMARTS) is 2. The first-order valence-electron chi connectivity index (χ1n) is 8.58. The highest BCUT2D eigenvalue weighted by molar-refractivity contribution is 6.02. The third-order valence-corrected chi connectivity index (χ3v) is 4.40. The summed E-state index contributed by atoms with van der Waals surface area (Å²) in [7, 11) is 0. The van der Waals surface area contributed by atoms with Crippen molar-refractivity contribution in [2.75, 3.05) is 26.3 Å². The Kier molecular flexibility index (Phi) is 7.04. The van der Waals surface area contributed by atoms with Crippen LogP contribution in [0.4, 0.5) is 0 Å². The predicted octanol–water partition coefficient (Wildman–Crippen LogP) is -1.37. The Labute approximate surface area is 158 Å². The van der Waals surface area contributed by atoms with Gasteiger partial charge in [0.2, 0.25) is 5.91 Å². The number of imide groups is 1. The van der Waals surface area contributed by atoms with Crippen LogP contribution >= 0.6 is 0 Å². The van der Waals surface area contributed by atoms with E-state index in [4.69, 9.17) is 19.8 Å². The van der Waals surface area contributed by atoms with Crippen LogP contribution in [0.15, 0.2) is 0 Å². The maximum absolute atomic E-state index is 12.8. The Bertz CT molecular complexity index is 669. The number of carboxylic acids is 2. The van der Waals surface area contributed by atoms with Crippen LogP contribution < -0.4 is 0 Å². The molecule has 2 heterocycles. The van der Waals surface area contributed by atoms with Crippen molar-refractivity contribution in [3.63, 3.8) is 0 Å². The zero-order valence-corrected chi connectivity index (χ0v) is 14.9. The predicted molar refractivity (Wildman–Crippen MR) is 86.1 cm³/mol. The minimum Gasteiger partial charge on any atom is -0.481 e. The molecule has 154 valence electrons. The van der Waals surface area contributed by atoms with E-state index in [1.807, 2.05) is 0 Å². The minimum atomic E-state index is -1.69. The first kappa shape index (κ1) is 21.3. The second kappa shape index (κ2) is 9.26. The molecular formula is C16H20N2O10. The van der Waals surface area contributed by atoms with Crippen molar-refractivity contribution in [3.05, 3.63) is 0 Å². The molecule has 2 rings (SSSR count). The average molecular weight is 400 g/mol. The van der Waals surface area contributed by atoms with Gasteiger partial charge in [0.1, 0.15) is 0 Å². The Hall–Kier alpha value is -3.02.